The molecule has 1 fully saturated rings. The van der Waals surface area contributed by atoms with E-state index in [2.05, 4.69) is 19.1 Å². The van der Waals surface area contributed by atoms with Crippen molar-refractivity contribution in [1.82, 2.24) is 0 Å². The van der Waals surface area contributed by atoms with E-state index in [9.17, 15) is 0 Å². The summed E-state index contributed by atoms with van der Waals surface area (Å²) in [6, 6.07) is 6.38. The Bertz CT molecular complexity index is 316. The van der Waals surface area contributed by atoms with Crippen LogP contribution in [0.25, 0.3) is 0 Å². The Morgan fingerprint density at radius 3 is 2.64 bits per heavy atom. The van der Waals surface area contributed by atoms with Crippen LogP contribution < -0.4 is 5.73 Å². The zero-order chi connectivity index (χ0) is 9.97. The topological polar surface area (TPSA) is 35.2 Å². The number of benzene rings is 1. The summed E-state index contributed by atoms with van der Waals surface area (Å²) in [4.78, 5) is 0. The highest BCUT2D eigenvalue weighted by molar-refractivity contribution is 5.48. The Balaban J connectivity index is 2.18. The van der Waals surface area contributed by atoms with E-state index in [0.29, 0.717) is 5.92 Å². The Kier molecular flexibility index (Phi) is 2.73. The fourth-order valence-corrected chi connectivity index (χ4v) is 1.98. The molecule has 0 unspecified atom stereocenters. The van der Waals surface area contributed by atoms with Gasteiger partial charge in [-0.2, -0.15) is 0 Å². The molecule has 1 aliphatic heterocycles. The van der Waals surface area contributed by atoms with Gasteiger partial charge >= 0.3 is 0 Å². The molecular formula is C12H17NO. The van der Waals surface area contributed by atoms with Gasteiger partial charge in [0.2, 0.25) is 0 Å². The minimum absolute atomic E-state index is 0.669. The van der Waals surface area contributed by atoms with Crippen molar-refractivity contribution in [2.45, 2.75) is 25.7 Å². The first-order valence-electron chi connectivity index (χ1n) is 5.21. The van der Waals surface area contributed by atoms with E-state index in [0.717, 1.165) is 31.7 Å². The van der Waals surface area contributed by atoms with Gasteiger partial charge in [-0.15, -0.1) is 0 Å². The molecule has 0 radical (unpaired) electrons. The van der Waals surface area contributed by atoms with E-state index in [-0.39, 0.29) is 0 Å². The van der Waals surface area contributed by atoms with E-state index in [1.165, 1.54) is 11.1 Å². The molecule has 1 aliphatic rings. The maximum absolute atomic E-state index is 5.79. The molecule has 1 aromatic carbocycles. The lowest BCUT2D eigenvalue weighted by Gasteiger charge is -2.22. The predicted octanol–water partition coefficient (Wildman–Crippen LogP) is 2.47. The molecule has 2 rings (SSSR count). The molecular weight excluding hydrogens is 174 g/mol. The van der Waals surface area contributed by atoms with Crippen molar-refractivity contribution < 1.29 is 4.74 Å². The minimum atomic E-state index is 0.669. The van der Waals surface area contributed by atoms with E-state index in [1.54, 1.807) is 0 Å². The molecule has 1 heterocycles. The molecule has 0 aromatic heterocycles. The van der Waals surface area contributed by atoms with Crippen molar-refractivity contribution >= 4 is 5.69 Å². The molecule has 0 spiro atoms. The van der Waals surface area contributed by atoms with E-state index >= 15 is 0 Å². The summed E-state index contributed by atoms with van der Waals surface area (Å²) in [5.74, 6) is 0.669. The summed E-state index contributed by atoms with van der Waals surface area (Å²) in [6.45, 7) is 3.86. The molecule has 0 saturated carbocycles. The number of ether oxygens (including phenoxy) is 1. The van der Waals surface area contributed by atoms with E-state index < -0.39 is 0 Å². The van der Waals surface area contributed by atoms with Gasteiger partial charge in [-0.3, -0.25) is 0 Å². The first-order chi connectivity index (χ1) is 6.77. The van der Waals surface area contributed by atoms with E-state index in [4.69, 9.17) is 10.5 Å². The van der Waals surface area contributed by atoms with Crippen molar-refractivity contribution in [1.29, 1.82) is 0 Å². The molecule has 0 amide bonds. The Morgan fingerprint density at radius 1 is 1.29 bits per heavy atom. The van der Waals surface area contributed by atoms with Crippen molar-refractivity contribution in [3.05, 3.63) is 29.3 Å². The van der Waals surface area contributed by atoms with Gasteiger partial charge in [0.1, 0.15) is 0 Å². The standard InChI is InChI=1S/C12H17NO/c1-9-8-11(2-3-12(9)13)10-4-6-14-7-5-10/h2-3,8,10H,4-7,13H2,1H3. The Labute approximate surface area is 85.1 Å². The molecule has 2 nitrogen and oxygen atoms in total. The van der Waals surface area contributed by atoms with Crippen LogP contribution in [0.1, 0.15) is 29.9 Å². The van der Waals surface area contributed by atoms with Crippen molar-refractivity contribution in [2.24, 2.45) is 0 Å². The van der Waals surface area contributed by atoms with Crippen molar-refractivity contribution in [3.8, 4) is 0 Å². The molecule has 76 valence electrons. The van der Waals surface area contributed by atoms with Gasteiger partial charge in [0.15, 0.2) is 0 Å². The lowest BCUT2D eigenvalue weighted by atomic mass is 9.90. The third-order valence-electron chi connectivity index (χ3n) is 2.99. The summed E-state index contributed by atoms with van der Waals surface area (Å²) in [7, 11) is 0. The second-order valence-corrected chi connectivity index (χ2v) is 4.00. The van der Waals surface area contributed by atoms with Crippen molar-refractivity contribution in [3.63, 3.8) is 0 Å². The maximum atomic E-state index is 5.79. The maximum Gasteiger partial charge on any atom is 0.0471 e. The van der Waals surface area contributed by atoms with Crippen LogP contribution in [-0.4, -0.2) is 13.2 Å². The number of hydrogen-bond donors (Lipinski definition) is 1. The number of nitrogens with two attached hydrogens (primary N) is 1. The molecule has 0 bridgehead atoms. The van der Waals surface area contributed by atoms with E-state index in [1.807, 2.05) is 6.07 Å². The van der Waals surface area contributed by atoms with Gasteiger partial charge in [-0.1, -0.05) is 12.1 Å². The van der Waals surface area contributed by atoms with Crippen LogP contribution in [0.3, 0.4) is 0 Å². The van der Waals surface area contributed by atoms with Gasteiger partial charge in [0.25, 0.3) is 0 Å². The summed E-state index contributed by atoms with van der Waals surface area (Å²) >= 11 is 0. The summed E-state index contributed by atoms with van der Waals surface area (Å²) in [6.07, 6.45) is 2.28. The van der Waals surface area contributed by atoms with Crippen molar-refractivity contribution in [2.75, 3.05) is 18.9 Å². The zero-order valence-electron chi connectivity index (χ0n) is 8.62. The average Bonchev–Trinajstić information content (AvgIpc) is 2.23. The summed E-state index contributed by atoms with van der Waals surface area (Å²) < 4.78 is 5.35. The SMILES string of the molecule is Cc1cc(C2CCOCC2)ccc1N. The quantitative estimate of drug-likeness (QED) is 0.692. The zero-order valence-corrected chi connectivity index (χ0v) is 8.62. The molecule has 1 aromatic rings. The molecule has 2 heteroatoms. The van der Waals surface area contributed by atoms with Crippen LogP contribution >= 0.6 is 0 Å². The first kappa shape index (κ1) is 9.53. The van der Waals surface area contributed by atoms with Crippen LogP contribution in [0.15, 0.2) is 18.2 Å². The fourth-order valence-electron chi connectivity index (χ4n) is 1.98. The number of nitrogen functional groups attached to an aromatic ring is 1. The fraction of sp³-hybridized carbons (Fsp3) is 0.500. The molecule has 0 atom stereocenters. The highest BCUT2D eigenvalue weighted by Gasteiger charge is 2.15. The number of aryl methyl sites for hydroxylation is 1. The number of anilines is 1. The summed E-state index contributed by atoms with van der Waals surface area (Å²) in [5.41, 5.74) is 9.29. The highest BCUT2D eigenvalue weighted by Crippen LogP contribution is 2.28. The average molecular weight is 191 g/mol. The second-order valence-electron chi connectivity index (χ2n) is 4.00. The van der Waals surface area contributed by atoms with Gasteiger partial charge in [0, 0.05) is 18.9 Å². The van der Waals surface area contributed by atoms with Gasteiger partial charge in [-0.05, 0) is 42.9 Å². The summed E-state index contributed by atoms with van der Waals surface area (Å²) in [5, 5.41) is 0. The third-order valence-corrected chi connectivity index (χ3v) is 2.99. The second kappa shape index (κ2) is 4.01. The Morgan fingerprint density at radius 2 is 2.00 bits per heavy atom. The number of hydrogen-bond acceptors (Lipinski definition) is 2. The van der Waals surface area contributed by atoms with Crippen LogP contribution in [-0.2, 0) is 4.74 Å². The molecule has 14 heavy (non-hydrogen) atoms. The van der Waals surface area contributed by atoms with Crippen LogP contribution in [0.2, 0.25) is 0 Å². The highest BCUT2D eigenvalue weighted by atomic mass is 16.5. The lowest BCUT2D eigenvalue weighted by Crippen LogP contribution is -2.14. The minimum Gasteiger partial charge on any atom is -0.399 e. The van der Waals surface area contributed by atoms with Crippen LogP contribution in [0.5, 0.6) is 0 Å². The largest absolute Gasteiger partial charge is 0.399 e. The van der Waals surface area contributed by atoms with Gasteiger partial charge in [0.05, 0.1) is 0 Å². The van der Waals surface area contributed by atoms with Gasteiger partial charge in [-0.25, -0.2) is 0 Å². The lowest BCUT2D eigenvalue weighted by molar-refractivity contribution is 0.0853. The third kappa shape index (κ3) is 1.90. The predicted molar refractivity (Wildman–Crippen MR) is 58.4 cm³/mol. The molecule has 2 N–H and O–H groups in total. The molecule has 1 saturated heterocycles. The van der Waals surface area contributed by atoms with Crippen LogP contribution in [0, 0.1) is 6.92 Å². The monoisotopic (exact) mass is 191 g/mol. The molecule has 0 aliphatic carbocycles. The first-order valence-corrected chi connectivity index (χ1v) is 5.21. The van der Waals surface area contributed by atoms with Gasteiger partial charge < -0.3 is 10.5 Å². The number of rotatable bonds is 1. The van der Waals surface area contributed by atoms with Crippen LogP contribution in [0.4, 0.5) is 5.69 Å². The Hall–Kier alpha value is -1.02. The smallest absolute Gasteiger partial charge is 0.0471 e. The normalized spacial score (nSPS) is 18.4.